The highest BCUT2D eigenvalue weighted by Crippen LogP contribution is 2.28. The largest absolute Gasteiger partial charge is 0.491 e. The van der Waals surface area contributed by atoms with Crippen molar-refractivity contribution in [2.45, 2.75) is 26.9 Å². The normalized spacial score (nSPS) is 12.3. The van der Waals surface area contributed by atoms with Crippen molar-refractivity contribution in [1.29, 1.82) is 0 Å². The topological polar surface area (TPSA) is 99.1 Å². The van der Waals surface area contributed by atoms with Gasteiger partial charge in [0.1, 0.15) is 42.0 Å². The van der Waals surface area contributed by atoms with Gasteiger partial charge in [-0.05, 0) is 62.2 Å². The summed E-state index contributed by atoms with van der Waals surface area (Å²) >= 11 is 0. The van der Waals surface area contributed by atoms with Crippen LogP contribution in [0.3, 0.4) is 0 Å². The molecule has 4 rings (SSSR count). The van der Waals surface area contributed by atoms with E-state index in [2.05, 4.69) is 0 Å². The van der Waals surface area contributed by atoms with E-state index < -0.39 is 17.4 Å². The molecule has 1 unspecified atom stereocenters. The highest BCUT2D eigenvalue weighted by atomic mass is 16.5. The van der Waals surface area contributed by atoms with Gasteiger partial charge in [-0.1, -0.05) is 0 Å². The minimum absolute atomic E-state index is 0.00385. The molecule has 0 saturated carbocycles. The molecule has 31 heavy (non-hydrogen) atoms. The maximum atomic E-state index is 11.7. The highest BCUT2D eigenvalue weighted by molar-refractivity contribution is 5.84. The molecular weight excluding hydrogens is 400 g/mol. The van der Waals surface area contributed by atoms with E-state index in [0.717, 1.165) is 21.9 Å². The fourth-order valence-corrected chi connectivity index (χ4v) is 3.47. The van der Waals surface area contributed by atoms with Gasteiger partial charge in [0.25, 0.3) is 0 Å². The van der Waals surface area contributed by atoms with E-state index in [1.165, 1.54) is 12.1 Å². The van der Waals surface area contributed by atoms with E-state index in [1.54, 1.807) is 31.2 Å². The first kappa shape index (κ1) is 20.7. The lowest BCUT2D eigenvalue weighted by molar-refractivity contribution is 0.0625. The molecule has 0 radical (unpaired) electrons. The van der Waals surface area contributed by atoms with E-state index in [1.807, 2.05) is 19.9 Å². The van der Waals surface area contributed by atoms with Gasteiger partial charge in [0.2, 0.25) is 0 Å². The first-order chi connectivity index (χ1) is 14.8. The number of aliphatic hydroxyl groups excluding tert-OH is 1. The lowest BCUT2D eigenvalue weighted by Gasteiger charge is -2.16. The Kier molecular flexibility index (Phi) is 5.52. The zero-order valence-electron chi connectivity index (χ0n) is 17.4. The summed E-state index contributed by atoms with van der Waals surface area (Å²) in [4.78, 5) is 23.1. The molecule has 0 amide bonds. The number of hydrogen-bond donors (Lipinski definition) is 1. The molecule has 2 aromatic carbocycles. The Bertz CT molecular complexity index is 1380. The van der Waals surface area contributed by atoms with Crippen LogP contribution in [-0.4, -0.2) is 24.4 Å². The molecular formula is C24H22O7. The third-order valence-corrected chi connectivity index (χ3v) is 5.11. The fraction of sp³-hybridized carbons (Fsp3) is 0.250. The van der Waals surface area contributed by atoms with Crippen LogP contribution >= 0.6 is 0 Å². The molecule has 4 aromatic rings. The molecule has 0 bridgehead atoms. The molecule has 160 valence electrons. The number of rotatable bonds is 6. The van der Waals surface area contributed by atoms with Gasteiger partial charge in [-0.3, -0.25) is 0 Å². The summed E-state index contributed by atoms with van der Waals surface area (Å²) in [6, 6.07) is 11.6. The van der Waals surface area contributed by atoms with Crippen molar-refractivity contribution in [2.24, 2.45) is 0 Å². The molecule has 1 N–H and O–H groups in total. The van der Waals surface area contributed by atoms with E-state index in [-0.39, 0.29) is 13.2 Å². The Morgan fingerprint density at radius 2 is 1.52 bits per heavy atom. The molecule has 2 aromatic heterocycles. The maximum absolute atomic E-state index is 11.7. The van der Waals surface area contributed by atoms with Crippen molar-refractivity contribution in [2.75, 3.05) is 13.2 Å². The Hall–Kier alpha value is -3.58. The molecule has 0 aliphatic rings. The Morgan fingerprint density at radius 1 is 0.839 bits per heavy atom. The van der Waals surface area contributed by atoms with Gasteiger partial charge in [-0.25, -0.2) is 9.59 Å². The van der Waals surface area contributed by atoms with Gasteiger partial charge in [0.05, 0.1) is 0 Å². The number of aliphatic hydroxyl groups is 1. The van der Waals surface area contributed by atoms with Crippen molar-refractivity contribution in [3.63, 3.8) is 0 Å². The second-order valence-corrected chi connectivity index (χ2v) is 7.50. The van der Waals surface area contributed by atoms with E-state index in [4.69, 9.17) is 18.3 Å². The average molecular weight is 422 g/mol. The molecule has 1 atom stereocenters. The van der Waals surface area contributed by atoms with Crippen LogP contribution in [-0.2, 0) is 0 Å². The average Bonchev–Trinajstić information content (AvgIpc) is 2.72. The van der Waals surface area contributed by atoms with E-state index in [0.29, 0.717) is 28.2 Å². The number of benzene rings is 2. The monoisotopic (exact) mass is 422 g/mol. The summed E-state index contributed by atoms with van der Waals surface area (Å²) in [5, 5.41) is 11.9. The maximum Gasteiger partial charge on any atom is 0.336 e. The number of hydrogen-bond acceptors (Lipinski definition) is 7. The summed E-state index contributed by atoms with van der Waals surface area (Å²) < 4.78 is 21.9. The SMILES string of the molecule is Cc1cc(=O)oc2ccc(OCC(O)COc3ccc4c(C)cc(=O)oc4c3C)cc12. The molecule has 0 aliphatic carbocycles. The quantitative estimate of drug-likeness (QED) is 0.474. The van der Waals surface area contributed by atoms with E-state index >= 15 is 0 Å². The zero-order chi connectivity index (χ0) is 22.1. The first-order valence-corrected chi connectivity index (χ1v) is 9.84. The molecule has 7 nitrogen and oxygen atoms in total. The molecule has 0 fully saturated rings. The van der Waals surface area contributed by atoms with Crippen LogP contribution in [0.2, 0.25) is 0 Å². The third-order valence-electron chi connectivity index (χ3n) is 5.11. The Balaban J connectivity index is 1.42. The van der Waals surface area contributed by atoms with Gasteiger partial charge in [-0.15, -0.1) is 0 Å². The van der Waals surface area contributed by atoms with E-state index in [9.17, 15) is 14.7 Å². The lowest BCUT2D eigenvalue weighted by Crippen LogP contribution is -2.25. The van der Waals surface area contributed by atoms with Gasteiger partial charge in [0.15, 0.2) is 0 Å². The third kappa shape index (κ3) is 4.32. The summed E-state index contributed by atoms with van der Waals surface area (Å²) in [7, 11) is 0. The minimum atomic E-state index is -0.884. The summed E-state index contributed by atoms with van der Waals surface area (Å²) in [6.07, 6.45) is -0.884. The fourth-order valence-electron chi connectivity index (χ4n) is 3.47. The van der Waals surface area contributed by atoms with Crippen LogP contribution in [0.1, 0.15) is 16.7 Å². The van der Waals surface area contributed by atoms with Crippen LogP contribution < -0.4 is 20.7 Å². The van der Waals surface area contributed by atoms with Crippen LogP contribution in [0.4, 0.5) is 0 Å². The van der Waals surface area contributed by atoms with Crippen LogP contribution in [0, 0.1) is 20.8 Å². The van der Waals surface area contributed by atoms with Gasteiger partial charge < -0.3 is 23.4 Å². The number of aryl methyl sites for hydroxylation is 3. The molecule has 0 spiro atoms. The Labute approximate surface area is 177 Å². The summed E-state index contributed by atoms with van der Waals surface area (Å²) in [5.74, 6) is 1.07. The van der Waals surface area contributed by atoms with Gasteiger partial charge in [-0.2, -0.15) is 0 Å². The zero-order valence-corrected chi connectivity index (χ0v) is 17.4. The van der Waals surface area contributed by atoms with Crippen molar-refractivity contribution < 1.29 is 23.4 Å². The van der Waals surface area contributed by atoms with Crippen LogP contribution in [0.15, 0.2) is 60.9 Å². The number of fused-ring (bicyclic) bond motifs is 2. The molecule has 0 saturated heterocycles. The van der Waals surface area contributed by atoms with Crippen LogP contribution in [0.5, 0.6) is 11.5 Å². The van der Waals surface area contributed by atoms with Gasteiger partial charge in [0, 0.05) is 28.5 Å². The predicted molar refractivity (Wildman–Crippen MR) is 116 cm³/mol. The highest BCUT2D eigenvalue weighted by Gasteiger charge is 2.13. The smallest absolute Gasteiger partial charge is 0.336 e. The van der Waals surface area contributed by atoms with Gasteiger partial charge >= 0.3 is 11.3 Å². The predicted octanol–water partition coefficient (Wildman–Crippen LogP) is 3.64. The summed E-state index contributed by atoms with van der Waals surface area (Å²) in [6.45, 7) is 5.49. The van der Waals surface area contributed by atoms with Crippen molar-refractivity contribution >= 4 is 21.9 Å². The molecule has 2 heterocycles. The standard InChI is InChI=1S/C24H22O7/c1-13-8-23(27)31-24-15(3)20(7-5-18(13)24)29-12-16(25)11-28-17-4-6-21-19(10-17)14(2)9-22(26)30-21/h4-10,16,25H,11-12H2,1-3H3. The minimum Gasteiger partial charge on any atom is -0.491 e. The molecule has 7 heteroatoms. The second kappa shape index (κ2) is 8.28. The van der Waals surface area contributed by atoms with Crippen LogP contribution in [0.25, 0.3) is 21.9 Å². The Morgan fingerprint density at radius 3 is 2.29 bits per heavy atom. The first-order valence-electron chi connectivity index (χ1n) is 9.84. The lowest BCUT2D eigenvalue weighted by atomic mass is 10.1. The molecule has 0 aliphatic heterocycles. The van der Waals surface area contributed by atoms with Crippen molar-refractivity contribution in [1.82, 2.24) is 0 Å². The summed E-state index contributed by atoms with van der Waals surface area (Å²) in [5.41, 5.74) is 2.46. The second-order valence-electron chi connectivity index (χ2n) is 7.50. The number of ether oxygens (including phenoxy) is 2. The van der Waals surface area contributed by atoms with Crippen molar-refractivity contribution in [3.8, 4) is 11.5 Å². The van der Waals surface area contributed by atoms with Crippen molar-refractivity contribution in [3.05, 3.63) is 80.0 Å².